The first-order valence-corrected chi connectivity index (χ1v) is 37.2. The smallest absolute Gasteiger partial charge is 0.0622 e. The van der Waals surface area contributed by atoms with Gasteiger partial charge in [-0.2, -0.15) is 0 Å². The van der Waals surface area contributed by atoms with Crippen LogP contribution in [0.4, 0.5) is 0 Å². The van der Waals surface area contributed by atoms with E-state index in [1.165, 1.54) is 0 Å². The quantitative estimate of drug-likeness (QED) is 0.105. The number of rotatable bonds is 8. The molecule has 0 aliphatic carbocycles. The molecule has 0 aliphatic heterocycles. The van der Waals surface area contributed by atoms with Crippen LogP contribution < -0.4 is 0 Å². The molecule has 0 unspecified atom stereocenters. The Bertz CT molecular complexity index is 13800. The van der Waals surface area contributed by atoms with E-state index in [0.29, 0.717) is 0 Å². The van der Waals surface area contributed by atoms with Crippen LogP contribution in [0.15, 0.2) is 483 Å². The standard InChI is InChI=1S/C48H30.C44H28.C34H22/c1-3-13-37-31(11-1)21-22-32-25-28-36(30-45(32)37)48-43-19-9-7-17-41(43)47(42-18-8-10-20-44(42)48)34-26-23-33(24-27-34)46-29-35-12-2-4-14-38(35)39-15-5-6-16-40(39)46;1-2-12-32-27-33(26-23-29(32)11-1)30-21-24-31(25-22-30)43-38-17-7-9-19-40(38)44(41-20-10-8-18-39(41)43)42-28-34-13-3-4-14-35(34)36-15-5-6-16-37(36)42;1-2-11-25(12-3-1)33-28-14-6-8-16-30(28)34(31-17-9-7-15-29(31)33)26-21-20-24-19-18-23-10-4-5-13-27(23)32(24)22-26/h1-30H;1-28H;1-22H/i1D,2D,3D,4D,5D,6D,7D,8D,9D,10D,11D,12D,13D,14D,15D,16D,17D,18D,19D,20D,21D,22D,23D,24D,25D,26D,27D,28D,29D,30D;1D,2D,3D,4D,5D,6D,7D,8D,9D,10D,11D,12D,13D,14D,15D,16D,17D,18D,19D,20D,21D,22D,23D,24D,25D,26D,27D,28D;1D,2D,3D,4D,5D,6D,7D,8D,9D,10D,11D,12D,13D,14D,15D,16D,17D,18D,19D,20D,21D,22D. The molecule has 0 heteroatoms. The van der Waals surface area contributed by atoms with E-state index in [9.17, 15) is 32.9 Å². The summed E-state index contributed by atoms with van der Waals surface area (Å²) in [5, 5.41) is -19.2. The fourth-order valence-electron chi connectivity index (χ4n) is 15.2. The van der Waals surface area contributed by atoms with E-state index >= 15 is 0 Å². The van der Waals surface area contributed by atoms with Gasteiger partial charge in [-0.05, 0) is 281 Å². The largest absolute Gasteiger partial charge is 0.0636 e. The average Bonchev–Trinajstić information content (AvgIpc) is 0.681. The van der Waals surface area contributed by atoms with Gasteiger partial charge in [-0.25, -0.2) is 0 Å². The molecule has 0 aromatic heterocycles. The van der Waals surface area contributed by atoms with E-state index in [0.717, 1.165) is 0 Å². The number of fused-ring (bicyclic) bond motifs is 19. The summed E-state index contributed by atoms with van der Waals surface area (Å²) in [6.07, 6.45) is 0. The van der Waals surface area contributed by atoms with Crippen molar-refractivity contribution >= 4 is 162 Å². The molecule has 0 fully saturated rings. The fourth-order valence-corrected chi connectivity index (χ4v) is 15.2. The first-order chi connectivity index (χ1) is 95.9. The van der Waals surface area contributed by atoms with Crippen LogP contribution in [-0.2, 0) is 0 Å². The summed E-state index contributed by atoms with van der Waals surface area (Å²) in [6.45, 7) is 0. The van der Waals surface area contributed by atoms with Crippen LogP contribution >= 0.6 is 0 Å². The predicted molar refractivity (Wildman–Crippen MR) is 545 cm³/mol. The number of benzene rings is 26. The van der Waals surface area contributed by atoms with Gasteiger partial charge in [-0.1, -0.05) is 453 Å². The third-order valence-corrected chi connectivity index (χ3v) is 20.5. The van der Waals surface area contributed by atoms with Crippen LogP contribution in [0.25, 0.3) is 251 Å². The van der Waals surface area contributed by atoms with Crippen LogP contribution in [0.3, 0.4) is 0 Å². The van der Waals surface area contributed by atoms with Crippen LogP contribution in [-0.4, -0.2) is 0 Å². The maximum Gasteiger partial charge on any atom is 0.0636 e. The molecule has 0 amide bonds. The minimum Gasteiger partial charge on any atom is -0.0622 e. The van der Waals surface area contributed by atoms with Crippen molar-refractivity contribution in [3.63, 3.8) is 0 Å². The Kier molecular flexibility index (Phi) is 7.03. The highest BCUT2D eigenvalue weighted by molar-refractivity contribution is 6.28. The Balaban J connectivity index is 0.000000155. The van der Waals surface area contributed by atoms with Gasteiger partial charge in [-0.15, -0.1) is 0 Å². The maximum atomic E-state index is 9.82. The van der Waals surface area contributed by atoms with Gasteiger partial charge in [0, 0.05) is 0 Å². The van der Waals surface area contributed by atoms with E-state index in [4.69, 9.17) is 76.8 Å². The van der Waals surface area contributed by atoms with E-state index < -0.39 is 734 Å². The molecule has 0 saturated heterocycles. The Morgan fingerprint density at radius 2 is 0.317 bits per heavy atom. The predicted octanol–water partition coefficient (Wildman–Crippen LogP) is 35.7. The van der Waals surface area contributed by atoms with Crippen molar-refractivity contribution in [3.05, 3.63) is 483 Å². The molecule has 0 aliphatic rings. The van der Waals surface area contributed by atoms with E-state index in [1.54, 1.807) is 0 Å². The Morgan fingerprint density at radius 3 is 0.706 bits per heavy atom. The maximum absolute atomic E-state index is 9.82. The number of hydrogen-bond acceptors (Lipinski definition) is 0. The van der Waals surface area contributed by atoms with Crippen molar-refractivity contribution in [2.24, 2.45) is 0 Å². The van der Waals surface area contributed by atoms with E-state index in [-0.39, 0.29) is 0 Å². The first-order valence-electron chi connectivity index (χ1n) is 77.2. The van der Waals surface area contributed by atoms with Crippen molar-refractivity contribution in [2.45, 2.75) is 0 Å². The second kappa shape index (κ2) is 30.9. The highest BCUT2D eigenvalue weighted by atomic mass is 14.3. The van der Waals surface area contributed by atoms with Crippen molar-refractivity contribution in [1.82, 2.24) is 0 Å². The summed E-state index contributed by atoms with van der Waals surface area (Å²) in [5.41, 5.74) is -12.4. The first kappa shape index (κ1) is 28.6. The zero-order chi connectivity index (χ0) is 153. The summed E-state index contributed by atoms with van der Waals surface area (Å²) in [5.74, 6) is 0. The van der Waals surface area contributed by atoms with Gasteiger partial charge >= 0.3 is 0 Å². The van der Waals surface area contributed by atoms with Crippen LogP contribution in [0.5, 0.6) is 0 Å². The topological polar surface area (TPSA) is 0 Å². The lowest BCUT2D eigenvalue weighted by atomic mass is 9.83. The Hall–Kier alpha value is -16.4. The van der Waals surface area contributed by atoms with Crippen molar-refractivity contribution < 1.29 is 110 Å². The summed E-state index contributed by atoms with van der Waals surface area (Å²) in [4.78, 5) is 0. The average molecular weight is 1670 g/mol. The summed E-state index contributed by atoms with van der Waals surface area (Å²) in [7, 11) is 0. The fraction of sp³-hybridized carbons (Fsp3) is 0. The molecule has 0 saturated carbocycles. The molecule has 584 valence electrons. The molecule has 0 N–H and O–H groups in total. The van der Waals surface area contributed by atoms with Gasteiger partial charge in [0.15, 0.2) is 0 Å². The lowest BCUT2D eigenvalue weighted by molar-refractivity contribution is 1.63. The third kappa shape index (κ3) is 12.6. The van der Waals surface area contributed by atoms with Gasteiger partial charge in [-0.3, -0.25) is 0 Å². The molecule has 26 aromatic rings. The van der Waals surface area contributed by atoms with E-state index in [2.05, 4.69) is 0 Å². The molecule has 0 heterocycles. The van der Waals surface area contributed by atoms with Gasteiger partial charge < -0.3 is 0 Å². The number of hydrogen-bond donors (Lipinski definition) is 0. The SMILES string of the molecule is [2H]c1c([2H])c(-c2c([2H])c3c([2H])c([2H])c([2H])c([2H])c3c3c([2H])c([2H])c([2H])c([2H])c23)c([2H])c([2H])c1-c1c2c([2H])c([2H])c([2H])c([2H])c2c(-c2c([2H])c([2H])c3c([2H])c([2H])c4c([2H])c([2H])c([2H])c([2H])c4c3c2[2H])c2c([2H])c([2H])c([2H])c([2H])c12.[2H]c1c([2H])c(-c2c3c([2H])c([2H])c([2H])c([2H])c3c(-c3c([2H])c4c([2H])c([2H])c([2H])c([2H])c4c4c([2H])c([2H])c([2H])c([2H])c34)c3c([2H])c([2H])c([2H])c([2H])c23)c([2H])c([2H])c1-c1c([2H])c([2H])c2c([2H])c([2H])c([2H])c([2H])c2c1[2H].[2H]c1c([2H])c([2H])c(-c2c3c([2H])c([2H])c([2H])c([2H])c3c(-c3c([2H])c([2H])c4c([2H])c([2H])c5c([2H])c([2H])c([2H])c([2H])c5c4c3[2H])c3c([2H])c([2H])c([2H])c([2H])c23)c([2H])c1[2H]. The molecule has 26 rings (SSSR count). The lowest BCUT2D eigenvalue weighted by Gasteiger charge is -2.19. The van der Waals surface area contributed by atoms with Crippen LogP contribution in [0.2, 0.25) is 0 Å². The van der Waals surface area contributed by atoms with Crippen molar-refractivity contribution in [3.8, 4) is 89.0 Å². The van der Waals surface area contributed by atoms with Gasteiger partial charge in [0.1, 0.15) is 0 Å². The molecular formula is C126H80. The third-order valence-electron chi connectivity index (χ3n) is 20.5. The molecule has 0 radical (unpaired) electrons. The molecule has 0 atom stereocenters. The van der Waals surface area contributed by atoms with Crippen LogP contribution in [0, 0.1) is 0 Å². The van der Waals surface area contributed by atoms with Crippen molar-refractivity contribution in [1.29, 1.82) is 0 Å². The Morgan fingerprint density at radius 1 is 0.0952 bits per heavy atom. The normalized spacial score (nSPS) is 20.5. The molecule has 0 bridgehead atoms. The summed E-state index contributed by atoms with van der Waals surface area (Å²) >= 11 is 0. The summed E-state index contributed by atoms with van der Waals surface area (Å²) < 4.78 is 716. The van der Waals surface area contributed by atoms with Crippen LogP contribution in [0.1, 0.15) is 110 Å². The molecule has 0 nitrogen and oxygen atoms in total. The summed E-state index contributed by atoms with van der Waals surface area (Å²) in [6, 6.07) is -74.0. The van der Waals surface area contributed by atoms with Crippen molar-refractivity contribution in [2.75, 3.05) is 0 Å². The second-order valence-corrected chi connectivity index (χ2v) is 27.2. The minimum atomic E-state index is -1.15. The highest BCUT2D eigenvalue weighted by Gasteiger charge is 2.23. The lowest BCUT2D eigenvalue weighted by Crippen LogP contribution is -1.92. The molecular weight excluding hydrogens is 1510 g/mol. The molecule has 26 aromatic carbocycles. The second-order valence-electron chi connectivity index (χ2n) is 27.2. The zero-order valence-electron chi connectivity index (χ0n) is 143. The van der Waals surface area contributed by atoms with Gasteiger partial charge in [0.2, 0.25) is 0 Å². The minimum absolute atomic E-state index is 0.486. The van der Waals surface area contributed by atoms with E-state index in [1.807, 2.05) is 0 Å². The van der Waals surface area contributed by atoms with Gasteiger partial charge in [0.05, 0.1) is 110 Å². The van der Waals surface area contributed by atoms with Gasteiger partial charge in [0.25, 0.3) is 0 Å². The zero-order valence-corrected chi connectivity index (χ0v) is 63.0. The molecule has 0 spiro atoms. The molecule has 126 heavy (non-hydrogen) atoms. The Labute approximate surface area is 843 Å². The monoisotopic (exact) mass is 1670 g/mol. The highest BCUT2D eigenvalue weighted by Crippen LogP contribution is 2.51.